The largest absolute Gasteiger partial charge is 0.368 e. The summed E-state index contributed by atoms with van der Waals surface area (Å²) in [4.78, 5) is 12.3. The predicted molar refractivity (Wildman–Crippen MR) is 46.9 cm³/mol. The van der Waals surface area contributed by atoms with Gasteiger partial charge in [-0.2, -0.15) is 0 Å². The summed E-state index contributed by atoms with van der Waals surface area (Å²) in [5.41, 5.74) is 2.91. The topological polar surface area (TPSA) is 39.9 Å². The number of hydrogen-bond acceptors (Lipinski definition) is 2. The molecule has 0 amide bonds. The minimum absolute atomic E-state index is 0. The van der Waals surface area contributed by atoms with Gasteiger partial charge in [-0.3, -0.25) is 0 Å². The molecule has 1 radical (unpaired) electrons. The first kappa shape index (κ1) is 10.4. The Morgan fingerprint density at radius 2 is 2.08 bits per heavy atom. The Labute approximate surface area is 90.6 Å². The summed E-state index contributed by atoms with van der Waals surface area (Å²) in [6.07, 6.45) is 3.34. The Kier molecular flexibility index (Phi) is 3.18. The van der Waals surface area contributed by atoms with Gasteiger partial charge in [-0.25, -0.2) is 0 Å². The SMILES string of the molecule is CC(C)c1ccnc2[n-]cnc12.[Re]. The normalized spacial score (nSPS) is 10.4. The maximum absolute atomic E-state index is 4.17. The van der Waals surface area contributed by atoms with Gasteiger partial charge >= 0.3 is 0 Å². The van der Waals surface area contributed by atoms with E-state index in [9.17, 15) is 0 Å². The van der Waals surface area contributed by atoms with Gasteiger partial charge < -0.3 is 15.0 Å². The van der Waals surface area contributed by atoms with E-state index in [1.807, 2.05) is 6.07 Å². The van der Waals surface area contributed by atoms with Crippen molar-refractivity contribution in [1.82, 2.24) is 15.0 Å². The molecule has 0 aliphatic heterocycles. The zero-order valence-corrected chi connectivity index (χ0v) is 10.2. The molecule has 4 heteroatoms. The molecular weight excluding hydrogens is 336 g/mol. The molecule has 2 rings (SSSR count). The van der Waals surface area contributed by atoms with Crippen LogP contribution in [0.25, 0.3) is 11.2 Å². The Balaban J connectivity index is 0.000000845. The summed E-state index contributed by atoms with van der Waals surface area (Å²) in [6.45, 7) is 4.28. The first-order chi connectivity index (χ1) is 5.79. The van der Waals surface area contributed by atoms with Gasteiger partial charge in [0.2, 0.25) is 0 Å². The van der Waals surface area contributed by atoms with Gasteiger partial charge in [-0.1, -0.05) is 19.9 Å². The number of nitrogens with zero attached hydrogens (tertiary/aromatic N) is 3. The molecule has 0 unspecified atom stereocenters. The quantitative estimate of drug-likeness (QED) is 0.789. The van der Waals surface area contributed by atoms with E-state index in [1.54, 1.807) is 12.5 Å². The van der Waals surface area contributed by atoms with Crippen molar-refractivity contribution >= 4 is 11.2 Å². The number of pyridine rings is 1. The van der Waals surface area contributed by atoms with Crippen molar-refractivity contribution in [2.75, 3.05) is 0 Å². The third-order valence-electron chi connectivity index (χ3n) is 1.93. The van der Waals surface area contributed by atoms with Crippen LogP contribution in [0.5, 0.6) is 0 Å². The molecule has 0 bridgehead atoms. The Hall–Kier alpha value is -0.718. The molecule has 0 saturated carbocycles. The van der Waals surface area contributed by atoms with E-state index in [0.717, 1.165) is 11.2 Å². The molecule has 0 aliphatic rings. The summed E-state index contributed by atoms with van der Waals surface area (Å²) in [5, 5.41) is 0. The smallest absolute Gasteiger partial charge is 0.0193 e. The molecule has 2 heterocycles. The van der Waals surface area contributed by atoms with Crippen molar-refractivity contribution in [3.63, 3.8) is 0 Å². The molecule has 0 aromatic carbocycles. The first-order valence-corrected chi connectivity index (χ1v) is 4.01. The van der Waals surface area contributed by atoms with Crippen molar-refractivity contribution in [2.24, 2.45) is 0 Å². The van der Waals surface area contributed by atoms with Crippen LogP contribution < -0.4 is 4.98 Å². The van der Waals surface area contributed by atoms with Crippen LogP contribution in [-0.2, 0) is 20.4 Å². The average molecular weight is 346 g/mol. The van der Waals surface area contributed by atoms with Crippen molar-refractivity contribution in [3.05, 3.63) is 24.2 Å². The van der Waals surface area contributed by atoms with Crippen LogP contribution in [0.1, 0.15) is 25.3 Å². The van der Waals surface area contributed by atoms with Crippen molar-refractivity contribution in [1.29, 1.82) is 0 Å². The predicted octanol–water partition coefficient (Wildman–Crippen LogP) is 1.71. The summed E-state index contributed by atoms with van der Waals surface area (Å²) in [6, 6.07) is 2.00. The van der Waals surface area contributed by atoms with E-state index in [1.165, 1.54) is 5.56 Å². The van der Waals surface area contributed by atoms with Gasteiger partial charge in [0.25, 0.3) is 0 Å². The number of rotatable bonds is 1. The van der Waals surface area contributed by atoms with E-state index >= 15 is 0 Å². The molecule has 0 saturated heterocycles. The van der Waals surface area contributed by atoms with Gasteiger partial charge in [-0.15, -0.1) is 0 Å². The number of aromatic nitrogens is 3. The zero-order valence-electron chi connectivity index (χ0n) is 7.53. The minimum atomic E-state index is 0. The van der Waals surface area contributed by atoms with E-state index < -0.39 is 0 Å². The third kappa shape index (κ3) is 1.79. The summed E-state index contributed by atoms with van der Waals surface area (Å²) >= 11 is 0. The van der Waals surface area contributed by atoms with Gasteiger partial charge in [0.05, 0.1) is 0 Å². The fraction of sp³-hybridized carbons (Fsp3) is 0.333. The van der Waals surface area contributed by atoms with Crippen molar-refractivity contribution < 1.29 is 20.4 Å². The van der Waals surface area contributed by atoms with Crippen LogP contribution in [0.15, 0.2) is 18.6 Å². The molecular formula is C9H10N3Re-. The van der Waals surface area contributed by atoms with E-state index in [2.05, 4.69) is 28.8 Å². The molecule has 3 nitrogen and oxygen atoms in total. The third-order valence-corrected chi connectivity index (χ3v) is 1.93. The fourth-order valence-corrected chi connectivity index (χ4v) is 1.29. The molecule has 0 aliphatic carbocycles. The fourth-order valence-electron chi connectivity index (χ4n) is 1.29. The van der Waals surface area contributed by atoms with Crippen molar-refractivity contribution in [2.45, 2.75) is 19.8 Å². The summed E-state index contributed by atoms with van der Waals surface area (Å²) in [5.74, 6) is 0.479. The Morgan fingerprint density at radius 1 is 1.31 bits per heavy atom. The standard InChI is InChI=1S/C9H10N3.Re/c1-6(2)7-3-4-10-9-8(7)11-5-12-9;/h3-6H,1-2H3;/q-1;. The second-order valence-corrected chi connectivity index (χ2v) is 3.10. The molecule has 0 spiro atoms. The van der Waals surface area contributed by atoms with Gasteiger partial charge in [-0.05, 0) is 24.0 Å². The minimum Gasteiger partial charge on any atom is -0.368 e. The van der Waals surface area contributed by atoms with Crippen LogP contribution in [0.2, 0.25) is 0 Å². The number of hydrogen-bond donors (Lipinski definition) is 0. The van der Waals surface area contributed by atoms with E-state index in [-0.39, 0.29) is 20.4 Å². The number of imidazole rings is 1. The van der Waals surface area contributed by atoms with Crippen molar-refractivity contribution in [3.8, 4) is 0 Å². The monoisotopic (exact) mass is 347 g/mol. The van der Waals surface area contributed by atoms with Gasteiger partial charge in [0, 0.05) is 31.6 Å². The second-order valence-electron chi connectivity index (χ2n) is 3.10. The van der Waals surface area contributed by atoms with Crippen LogP contribution in [0.4, 0.5) is 0 Å². The molecule has 0 N–H and O–H groups in total. The molecule has 2 aromatic rings. The van der Waals surface area contributed by atoms with E-state index in [4.69, 9.17) is 0 Å². The first-order valence-electron chi connectivity index (χ1n) is 4.01. The van der Waals surface area contributed by atoms with Gasteiger partial charge in [0.15, 0.2) is 0 Å². The molecule has 69 valence electrons. The molecule has 0 fully saturated rings. The van der Waals surface area contributed by atoms with Crippen LogP contribution in [-0.4, -0.2) is 9.97 Å². The maximum atomic E-state index is 4.17. The summed E-state index contributed by atoms with van der Waals surface area (Å²) < 4.78 is 0. The zero-order chi connectivity index (χ0) is 8.55. The maximum Gasteiger partial charge on any atom is 0.0193 e. The van der Waals surface area contributed by atoms with Gasteiger partial charge in [0.1, 0.15) is 0 Å². The van der Waals surface area contributed by atoms with E-state index in [0.29, 0.717) is 5.92 Å². The molecule has 2 aromatic heterocycles. The summed E-state index contributed by atoms with van der Waals surface area (Å²) in [7, 11) is 0. The number of fused-ring (bicyclic) bond motifs is 1. The Morgan fingerprint density at radius 3 is 2.77 bits per heavy atom. The van der Waals surface area contributed by atoms with Crippen LogP contribution >= 0.6 is 0 Å². The second kappa shape index (κ2) is 3.99. The van der Waals surface area contributed by atoms with Crippen LogP contribution in [0.3, 0.4) is 0 Å². The Bertz CT molecular complexity index is 394. The average Bonchev–Trinajstić information content (AvgIpc) is 2.49. The molecule has 13 heavy (non-hydrogen) atoms. The molecule has 0 atom stereocenters. The van der Waals surface area contributed by atoms with Crippen LogP contribution in [0, 0.1) is 0 Å².